The van der Waals surface area contributed by atoms with Crippen LogP contribution in [0.2, 0.25) is 0 Å². The number of sulfone groups is 1. The molecule has 0 bridgehead atoms. The lowest BCUT2D eigenvalue weighted by Gasteiger charge is -2.08. The first-order valence-corrected chi connectivity index (χ1v) is 6.70. The van der Waals surface area contributed by atoms with Gasteiger partial charge in [0.1, 0.15) is 0 Å². The Morgan fingerprint density at radius 2 is 1.60 bits per heavy atom. The minimum Gasteiger partial charge on any atom is -0.477 e. The molecule has 1 aromatic carbocycles. The molecular formula is C12H7F3O4S. The van der Waals surface area contributed by atoms with Crippen molar-refractivity contribution in [3.05, 3.63) is 52.4 Å². The second-order valence-electron chi connectivity index (χ2n) is 3.95. The van der Waals surface area contributed by atoms with E-state index in [0.717, 1.165) is 36.4 Å². The third kappa shape index (κ3) is 2.34. The second-order valence-corrected chi connectivity index (χ2v) is 5.83. The molecular weight excluding hydrogens is 297 g/mol. The van der Waals surface area contributed by atoms with Crippen LogP contribution < -0.4 is 0 Å². The maximum Gasteiger partial charge on any atom is 0.416 e. The van der Waals surface area contributed by atoms with Crippen LogP contribution in [0.1, 0.15) is 11.1 Å². The van der Waals surface area contributed by atoms with Gasteiger partial charge in [-0.3, -0.25) is 0 Å². The SMILES string of the molecule is O=C(O)C1=CC=C(c2ccc(C(F)(F)F)cc2)S1(=O)=O. The molecule has 106 valence electrons. The first-order chi connectivity index (χ1) is 9.14. The molecule has 0 aliphatic carbocycles. The van der Waals surface area contributed by atoms with Gasteiger partial charge in [-0.2, -0.15) is 13.2 Å². The van der Waals surface area contributed by atoms with Gasteiger partial charge in [-0.25, -0.2) is 13.2 Å². The van der Waals surface area contributed by atoms with Crippen molar-refractivity contribution < 1.29 is 31.5 Å². The van der Waals surface area contributed by atoms with Crippen LogP contribution in [-0.2, 0) is 20.8 Å². The summed E-state index contributed by atoms with van der Waals surface area (Å²) in [5.74, 6) is -1.61. The highest BCUT2D eigenvalue weighted by Gasteiger charge is 2.34. The van der Waals surface area contributed by atoms with Crippen molar-refractivity contribution in [1.29, 1.82) is 0 Å². The van der Waals surface area contributed by atoms with Crippen LogP contribution in [-0.4, -0.2) is 19.5 Å². The standard InChI is InChI=1S/C12H7F3O4S/c13-12(14,15)8-3-1-7(2-4-8)9-5-6-10(11(16)17)20(9,18)19/h1-6H,(H,16,17). The van der Waals surface area contributed by atoms with Gasteiger partial charge in [0, 0.05) is 0 Å². The Morgan fingerprint density at radius 1 is 1.05 bits per heavy atom. The average molecular weight is 304 g/mol. The normalized spacial score (nSPS) is 17.6. The van der Waals surface area contributed by atoms with Crippen molar-refractivity contribution >= 4 is 20.7 Å². The fourth-order valence-corrected chi connectivity index (χ4v) is 3.12. The maximum atomic E-state index is 12.4. The highest BCUT2D eigenvalue weighted by molar-refractivity contribution is 8.05. The predicted octanol–water partition coefficient (Wildman–Crippen LogP) is 2.44. The van der Waals surface area contributed by atoms with Gasteiger partial charge in [-0.15, -0.1) is 0 Å². The van der Waals surface area contributed by atoms with Crippen LogP contribution in [0.5, 0.6) is 0 Å². The van der Waals surface area contributed by atoms with Crippen molar-refractivity contribution in [2.75, 3.05) is 0 Å². The summed E-state index contributed by atoms with van der Waals surface area (Å²) in [6.45, 7) is 0. The molecule has 0 radical (unpaired) electrons. The molecule has 4 nitrogen and oxygen atoms in total. The Morgan fingerprint density at radius 3 is 2.00 bits per heavy atom. The lowest BCUT2D eigenvalue weighted by Crippen LogP contribution is -2.11. The van der Waals surface area contributed by atoms with Gasteiger partial charge in [0.05, 0.1) is 10.5 Å². The van der Waals surface area contributed by atoms with Gasteiger partial charge in [0.2, 0.25) is 9.84 Å². The molecule has 8 heteroatoms. The van der Waals surface area contributed by atoms with E-state index >= 15 is 0 Å². The Balaban J connectivity index is 2.39. The number of rotatable bonds is 2. The summed E-state index contributed by atoms with van der Waals surface area (Å²) in [6.07, 6.45) is -2.56. The molecule has 0 aromatic heterocycles. The van der Waals surface area contributed by atoms with E-state index < -0.39 is 32.5 Å². The fraction of sp³-hybridized carbons (Fsp3) is 0.0833. The van der Waals surface area contributed by atoms with E-state index in [4.69, 9.17) is 5.11 Å². The maximum absolute atomic E-state index is 12.4. The molecule has 0 atom stereocenters. The van der Waals surface area contributed by atoms with Crippen molar-refractivity contribution in [2.24, 2.45) is 0 Å². The minimum atomic E-state index is -4.52. The Labute approximate surface area is 111 Å². The summed E-state index contributed by atoms with van der Waals surface area (Å²) in [5.41, 5.74) is -0.908. The number of halogens is 3. The molecule has 0 fully saturated rings. The number of alkyl halides is 3. The Hall–Kier alpha value is -2.09. The lowest BCUT2D eigenvalue weighted by molar-refractivity contribution is -0.137. The number of aliphatic carboxylic acids is 1. The molecule has 1 aliphatic heterocycles. The second kappa shape index (κ2) is 4.48. The summed E-state index contributed by atoms with van der Waals surface area (Å²) in [5, 5.41) is 8.73. The van der Waals surface area contributed by atoms with Crippen LogP contribution in [0.15, 0.2) is 41.3 Å². The van der Waals surface area contributed by atoms with Gasteiger partial charge in [-0.05, 0) is 29.8 Å². The summed E-state index contributed by atoms with van der Waals surface area (Å²) >= 11 is 0. The van der Waals surface area contributed by atoms with Crippen LogP contribution in [0.4, 0.5) is 13.2 Å². The molecule has 0 unspecified atom stereocenters. The van der Waals surface area contributed by atoms with Crippen molar-refractivity contribution in [3.63, 3.8) is 0 Å². The highest BCUT2D eigenvalue weighted by Crippen LogP contribution is 2.34. The number of carboxylic acids is 1. The van der Waals surface area contributed by atoms with E-state index in [2.05, 4.69) is 0 Å². The number of carbonyl (C=O) groups is 1. The first-order valence-electron chi connectivity index (χ1n) is 5.22. The number of hydrogen-bond acceptors (Lipinski definition) is 3. The van der Waals surface area contributed by atoms with Crippen LogP contribution in [0, 0.1) is 0 Å². The van der Waals surface area contributed by atoms with E-state index in [-0.39, 0.29) is 10.5 Å². The van der Waals surface area contributed by atoms with Crippen molar-refractivity contribution in [2.45, 2.75) is 6.18 Å². The number of allylic oxidation sites excluding steroid dienone is 2. The van der Waals surface area contributed by atoms with E-state index in [1.807, 2.05) is 0 Å². The summed E-state index contributed by atoms with van der Waals surface area (Å²) in [7, 11) is -4.19. The summed E-state index contributed by atoms with van der Waals surface area (Å²) in [4.78, 5) is 9.62. The Kier molecular flexibility index (Phi) is 3.21. The van der Waals surface area contributed by atoms with E-state index in [9.17, 15) is 26.4 Å². The molecule has 0 saturated carbocycles. The monoisotopic (exact) mass is 304 g/mol. The highest BCUT2D eigenvalue weighted by atomic mass is 32.2. The lowest BCUT2D eigenvalue weighted by atomic mass is 10.1. The fourth-order valence-electron chi connectivity index (χ4n) is 1.71. The minimum absolute atomic E-state index is 0.00509. The third-order valence-electron chi connectivity index (χ3n) is 2.67. The van der Waals surface area contributed by atoms with Crippen molar-refractivity contribution in [3.8, 4) is 0 Å². The van der Waals surface area contributed by atoms with Gasteiger partial charge >= 0.3 is 12.1 Å². The zero-order valence-corrected chi connectivity index (χ0v) is 10.5. The Bertz CT molecular complexity index is 725. The van der Waals surface area contributed by atoms with Crippen molar-refractivity contribution in [1.82, 2.24) is 0 Å². The number of carboxylic acid groups (broad SMARTS) is 1. The molecule has 1 aliphatic rings. The summed E-state index contributed by atoms with van der Waals surface area (Å²) < 4.78 is 60.9. The topological polar surface area (TPSA) is 71.4 Å². The zero-order valence-electron chi connectivity index (χ0n) is 9.68. The van der Waals surface area contributed by atoms with Gasteiger partial charge < -0.3 is 5.11 Å². The molecule has 1 N–H and O–H groups in total. The average Bonchev–Trinajstić information content (AvgIpc) is 2.63. The smallest absolute Gasteiger partial charge is 0.416 e. The molecule has 0 spiro atoms. The molecule has 2 rings (SSSR count). The summed E-state index contributed by atoms with van der Waals surface area (Å²) in [6, 6.07) is 3.46. The number of benzene rings is 1. The van der Waals surface area contributed by atoms with Crippen LogP contribution >= 0.6 is 0 Å². The van der Waals surface area contributed by atoms with E-state index in [1.54, 1.807) is 0 Å². The van der Waals surface area contributed by atoms with Gasteiger partial charge in [-0.1, -0.05) is 12.1 Å². The van der Waals surface area contributed by atoms with Gasteiger partial charge in [0.15, 0.2) is 4.91 Å². The number of hydrogen-bond donors (Lipinski definition) is 1. The van der Waals surface area contributed by atoms with Crippen LogP contribution in [0.3, 0.4) is 0 Å². The molecule has 0 saturated heterocycles. The zero-order chi connectivity index (χ0) is 15.1. The molecule has 1 aromatic rings. The quantitative estimate of drug-likeness (QED) is 0.911. The first kappa shape index (κ1) is 14.3. The van der Waals surface area contributed by atoms with E-state index in [0.29, 0.717) is 0 Å². The third-order valence-corrected chi connectivity index (χ3v) is 4.51. The van der Waals surface area contributed by atoms with E-state index in [1.165, 1.54) is 0 Å². The van der Waals surface area contributed by atoms with Gasteiger partial charge in [0.25, 0.3) is 0 Å². The molecule has 0 amide bonds. The molecule has 1 heterocycles. The van der Waals surface area contributed by atoms with Crippen LogP contribution in [0.25, 0.3) is 4.91 Å². The predicted molar refractivity (Wildman–Crippen MR) is 64.1 cm³/mol. The largest absolute Gasteiger partial charge is 0.477 e. The molecule has 20 heavy (non-hydrogen) atoms.